The fourth-order valence-corrected chi connectivity index (χ4v) is 2.85. The Hall–Kier alpha value is -1.32. The highest BCUT2D eigenvalue weighted by Gasteiger charge is 2.12. The quantitative estimate of drug-likeness (QED) is 0.797. The summed E-state index contributed by atoms with van der Waals surface area (Å²) in [5, 5.41) is 0. The van der Waals surface area contributed by atoms with E-state index >= 15 is 0 Å². The van der Waals surface area contributed by atoms with Gasteiger partial charge in [0, 0.05) is 10.7 Å². The van der Waals surface area contributed by atoms with Gasteiger partial charge in [-0.15, -0.1) is 0 Å². The summed E-state index contributed by atoms with van der Waals surface area (Å²) in [6, 6.07) is 13.2. The normalized spacial score (nSPS) is 11.5. The number of hydrogen-bond acceptors (Lipinski definition) is 2. The number of halogens is 1. The van der Waals surface area contributed by atoms with E-state index in [9.17, 15) is 8.42 Å². The van der Waals surface area contributed by atoms with E-state index in [2.05, 4.69) is 6.92 Å². The molecule has 4 heteroatoms. The summed E-state index contributed by atoms with van der Waals surface area (Å²) in [6.07, 6.45) is 0.982. The molecule has 0 aliphatic carbocycles. The van der Waals surface area contributed by atoms with E-state index in [1.54, 1.807) is 12.1 Å². The first-order chi connectivity index (χ1) is 8.90. The minimum atomic E-state index is -3.70. The molecule has 0 aliphatic rings. The second-order valence-electron chi connectivity index (χ2n) is 4.52. The van der Waals surface area contributed by atoms with Gasteiger partial charge in [0.2, 0.25) is 0 Å². The summed E-state index contributed by atoms with van der Waals surface area (Å²) in [6.45, 7) is 3.95. The van der Waals surface area contributed by atoms with E-state index in [4.69, 9.17) is 10.7 Å². The van der Waals surface area contributed by atoms with Crippen LogP contribution in [0.25, 0.3) is 11.1 Å². The molecule has 0 heterocycles. The molecule has 0 saturated carbocycles. The Morgan fingerprint density at radius 2 is 1.63 bits per heavy atom. The van der Waals surface area contributed by atoms with E-state index in [0.29, 0.717) is 0 Å². The zero-order valence-corrected chi connectivity index (χ0v) is 12.4. The first-order valence-corrected chi connectivity index (χ1v) is 8.37. The third kappa shape index (κ3) is 3.37. The van der Waals surface area contributed by atoms with Gasteiger partial charge in [0.1, 0.15) is 0 Å². The predicted molar refractivity (Wildman–Crippen MR) is 79.0 cm³/mol. The van der Waals surface area contributed by atoms with Gasteiger partial charge in [-0.1, -0.05) is 37.3 Å². The molecule has 100 valence electrons. The maximum Gasteiger partial charge on any atom is 0.261 e. The lowest BCUT2D eigenvalue weighted by Gasteiger charge is -2.07. The van der Waals surface area contributed by atoms with Gasteiger partial charge in [-0.3, -0.25) is 0 Å². The summed E-state index contributed by atoms with van der Waals surface area (Å²) in [7, 11) is 1.71. The molecule has 0 unspecified atom stereocenters. The van der Waals surface area contributed by atoms with Crippen LogP contribution in [0.15, 0.2) is 47.4 Å². The molecule has 2 aromatic carbocycles. The maximum absolute atomic E-state index is 11.4. The van der Waals surface area contributed by atoms with Crippen molar-refractivity contribution in [3.05, 3.63) is 53.6 Å². The maximum atomic E-state index is 11.4. The van der Waals surface area contributed by atoms with Crippen LogP contribution in [0.5, 0.6) is 0 Å². The summed E-state index contributed by atoms with van der Waals surface area (Å²) in [5.41, 5.74) is 3.97. The molecular weight excluding hydrogens is 280 g/mol. The van der Waals surface area contributed by atoms with Crippen molar-refractivity contribution in [1.29, 1.82) is 0 Å². The van der Waals surface area contributed by atoms with E-state index in [-0.39, 0.29) is 4.90 Å². The van der Waals surface area contributed by atoms with E-state index in [1.807, 2.05) is 37.3 Å². The molecular formula is C15H15ClO2S. The molecule has 19 heavy (non-hydrogen) atoms. The Kier molecular flexibility index (Phi) is 3.97. The van der Waals surface area contributed by atoms with E-state index < -0.39 is 9.05 Å². The minimum Gasteiger partial charge on any atom is -0.207 e. The summed E-state index contributed by atoms with van der Waals surface area (Å²) < 4.78 is 22.9. The Morgan fingerprint density at radius 3 is 2.16 bits per heavy atom. The number of aryl methyl sites for hydroxylation is 2. The summed E-state index contributed by atoms with van der Waals surface area (Å²) in [5.74, 6) is 0. The fraction of sp³-hybridized carbons (Fsp3) is 0.200. The second kappa shape index (κ2) is 5.35. The van der Waals surface area contributed by atoms with Crippen molar-refractivity contribution < 1.29 is 8.42 Å². The molecule has 0 amide bonds. The van der Waals surface area contributed by atoms with Gasteiger partial charge in [0.15, 0.2) is 0 Å². The van der Waals surface area contributed by atoms with Crippen molar-refractivity contribution in [1.82, 2.24) is 0 Å². The zero-order chi connectivity index (χ0) is 14.0. The van der Waals surface area contributed by atoms with Crippen LogP contribution in [0.4, 0.5) is 0 Å². The molecule has 0 radical (unpaired) electrons. The van der Waals surface area contributed by atoms with Gasteiger partial charge >= 0.3 is 0 Å². The van der Waals surface area contributed by atoms with Crippen molar-refractivity contribution in [2.75, 3.05) is 0 Å². The van der Waals surface area contributed by atoms with Crippen molar-refractivity contribution in [3.8, 4) is 11.1 Å². The fourth-order valence-electron chi connectivity index (χ4n) is 1.99. The van der Waals surface area contributed by atoms with Crippen LogP contribution in [0.3, 0.4) is 0 Å². The lowest BCUT2D eigenvalue weighted by atomic mass is 10.0. The Bertz CT molecular complexity index is 689. The Morgan fingerprint density at radius 1 is 1.00 bits per heavy atom. The molecule has 0 bridgehead atoms. The third-order valence-corrected chi connectivity index (χ3v) is 4.36. The van der Waals surface area contributed by atoms with Crippen molar-refractivity contribution in [3.63, 3.8) is 0 Å². The van der Waals surface area contributed by atoms with Crippen molar-refractivity contribution in [2.24, 2.45) is 0 Å². The van der Waals surface area contributed by atoms with Gasteiger partial charge in [0.05, 0.1) is 4.90 Å². The number of hydrogen-bond donors (Lipinski definition) is 0. The zero-order valence-electron chi connectivity index (χ0n) is 10.9. The molecule has 0 saturated heterocycles. The van der Waals surface area contributed by atoms with Crippen molar-refractivity contribution in [2.45, 2.75) is 25.2 Å². The summed E-state index contributed by atoms with van der Waals surface area (Å²) >= 11 is 0. The first kappa shape index (κ1) is 14.1. The van der Waals surface area contributed by atoms with Gasteiger partial charge in [-0.2, -0.15) is 0 Å². The Labute approximate surface area is 118 Å². The van der Waals surface area contributed by atoms with E-state index in [1.165, 1.54) is 5.56 Å². The smallest absolute Gasteiger partial charge is 0.207 e. The molecule has 0 N–H and O–H groups in total. The molecule has 0 fully saturated rings. The summed E-state index contributed by atoms with van der Waals surface area (Å²) in [4.78, 5) is 0.142. The van der Waals surface area contributed by atoms with Crippen molar-refractivity contribution >= 4 is 19.7 Å². The average molecular weight is 295 g/mol. The molecule has 0 aliphatic heterocycles. The molecule has 2 rings (SSSR count). The van der Waals surface area contributed by atoms with Crippen LogP contribution >= 0.6 is 10.7 Å². The van der Waals surface area contributed by atoms with Crippen LogP contribution in [0.1, 0.15) is 18.1 Å². The van der Waals surface area contributed by atoms with Crippen LogP contribution < -0.4 is 0 Å². The minimum absolute atomic E-state index is 0.142. The lowest BCUT2D eigenvalue weighted by molar-refractivity contribution is 0.609. The SMILES string of the molecule is CCc1ccc(-c2cc(C)cc(S(=O)(=O)Cl)c2)cc1. The van der Waals surface area contributed by atoms with Crippen LogP contribution in [0, 0.1) is 6.92 Å². The Balaban J connectivity index is 2.52. The molecule has 0 aromatic heterocycles. The number of rotatable bonds is 3. The third-order valence-electron chi connectivity index (χ3n) is 3.03. The second-order valence-corrected chi connectivity index (χ2v) is 7.09. The monoisotopic (exact) mass is 294 g/mol. The molecule has 2 aromatic rings. The first-order valence-electron chi connectivity index (χ1n) is 6.06. The highest BCUT2D eigenvalue weighted by molar-refractivity contribution is 8.13. The van der Waals surface area contributed by atoms with Crippen LogP contribution in [-0.2, 0) is 15.5 Å². The molecule has 2 nitrogen and oxygen atoms in total. The van der Waals surface area contributed by atoms with Gasteiger partial charge in [-0.05, 0) is 47.7 Å². The highest BCUT2D eigenvalue weighted by Crippen LogP contribution is 2.26. The average Bonchev–Trinajstić information content (AvgIpc) is 2.37. The van der Waals surface area contributed by atoms with Crippen LogP contribution in [-0.4, -0.2) is 8.42 Å². The highest BCUT2D eigenvalue weighted by atomic mass is 35.7. The van der Waals surface area contributed by atoms with E-state index in [0.717, 1.165) is 23.1 Å². The van der Waals surface area contributed by atoms with Gasteiger partial charge in [0.25, 0.3) is 9.05 Å². The lowest BCUT2D eigenvalue weighted by Crippen LogP contribution is -1.93. The predicted octanol–water partition coefficient (Wildman–Crippen LogP) is 4.15. The van der Waals surface area contributed by atoms with Gasteiger partial charge in [-0.25, -0.2) is 8.42 Å². The van der Waals surface area contributed by atoms with Gasteiger partial charge < -0.3 is 0 Å². The number of benzene rings is 2. The standard InChI is InChI=1S/C15H15ClO2S/c1-3-12-4-6-13(7-5-12)14-8-11(2)9-15(10-14)19(16,17)18/h4-10H,3H2,1-2H3. The van der Waals surface area contributed by atoms with Crippen LogP contribution in [0.2, 0.25) is 0 Å². The topological polar surface area (TPSA) is 34.1 Å². The largest absolute Gasteiger partial charge is 0.261 e. The molecule has 0 spiro atoms. The molecule has 0 atom stereocenters.